The van der Waals surface area contributed by atoms with Crippen molar-refractivity contribution in [1.29, 1.82) is 0 Å². The number of hydrogen-bond acceptors (Lipinski definition) is 5. The summed E-state index contributed by atoms with van der Waals surface area (Å²) in [5.74, 6) is -4.06. The van der Waals surface area contributed by atoms with Crippen LogP contribution < -0.4 is 0 Å². The van der Waals surface area contributed by atoms with Gasteiger partial charge in [0.05, 0.1) is 30.1 Å². The molecule has 0 saturated heterocycles. The summed E-state index contributed by atoms with van der Waals surface area (Å²) in [7, 11) is 1.27. The van der Waals surface area contributed by atoms with Gasteiger partial charge in [0.1, 0.15) is 17.7 Å². The van der Waals surface area contributed by atoms with E-state index in [2.05, 4.69) is 10.2 Å². The molecule has 8 nitrogen and oxygen atoms in total. The van der Waals surface area contributed by atoms with Gasteiger partial charge < -0.3 is 14.8 Å². The summed E-state index contributed by atoms with van der Waals surface area (Å²) < 4.78 is 46.0. The summed E-state index contributed by atoms with van der Waals surface area (Å²) in [5.41, 5.74) is -0.673. The molecule has 0 aliphatic heterocycles. The number of carboxylic acid groups (broad SMARTS) is 1. The lowest BCUT2D eigenvalue weighted by molar-refractivity contribution is -0.300. The normalized spacial score (nSPS) is 13.3. The Morgan fingerprint density at radius 3 is 2.47 bits per heavy atom. The van der Waals surface area contributed by atoms with E-state index in [1.807, 2.05) is 0 Å². The van der Waals surface area contributed by atoms with Crippen LogP contribution in [0.4, 0.5) is 13.2 Å². The highest BCUT2D eigenvalue weighted by molar-refractivity contribution is 6.06. The minimum absolute atomic E-state index is 0.00421. The van der Waals surface area contributed by atoms with E-state index in [4.69, 9.17) is 9.78 Å². The van der Waals surface area contributed by atoms with Gasteiger partial charge in [-0.05, 0) is 42.3 Å². The Balaban J connectivity index is 1.99. The summed E-state index contributed by atoms with van der Waals surface area (Å²) >= 11 is 0. The van der Waals surface area contributed by atoms with Crippen LogP contribution in [-0.4, -0.2) is 44.7 Å². The van der Waals surface area contributed by atoms with E-state index in [9.17, 15) is 23.8 Å². The molecule has 3 aromatic carbocycles. The van der Waals surface area contributed by atoms with Crippen LogP contribution in [0.1, 0.15) is 29.4 Å². The number of carbonyl (C=O) groups is 1. The molecule has 0 spiro atoms. The van der Waals surface area contributed by atoms with Crippen LogP contribution in [-0.2, 0) is 15.4 Å². The molecule has 0 saturated carbocycles. The molecular weight excluding hydrogens is 503 g/mol. The topological polar surface area (TPSA) is 110 Å². The summed E-state index contributed by atoms with van der Waals surface area (Å²) in [6.45, 7) is 1.29. The molecule has 0 aliphatic carbocycles. The maximum atomic E-state index is 16.2. The van der Waals surface area contributed by atoms with E-state index < -0.39 is 29.0 Å². The molecule has 11 heteroatoms. The van der Waals surface area contributed by atoms with Crippen LogP contribution in [0, 0.1) is 17.5 Å². The minimum Gasteiger partial charge on any atom is -0.478 e. The van der Waals surface area contributed by atoms with Gasteiger partial charge in [-0.15, -0.1) is 0 Å². The Bertz CT molecular complexity index is 1680. The van der Waals surface area contributed by atoms with E-state index in [0.29, 0.717) is 10.9 Å². The fraction of sp³-hybridized carbons (Fsp3) is 0.185. The largest absolute Gasteiger partial charge is 0.478 e. The molecular formula is C27H22F3N3O5. The minimum atomic E-state index is -1.82. The van der Waals surface area contributed by atoms with Crippen molar-refractivity contribution in [3.05, 3.63) is 83.4 Å². The predicted molar refractivity (Wildman–Crippen MR) is 132 cm³/mol. The number of fused-ring (bicyclic) bond motifs is 2. The number of nitrogens with one attached hydrogen (secondary N) is 1. The zero-order chi connectivity index (χ0) is 27.2. The SMILES string of the molecule is CC[C@@](O)(COOC)c1c(-c2ccc(C(=O)O)cc2)c2c(F)c3[nH]ncc3cc2n1-c1ccc(F)c(F)c1. The monoisotopic (exact) mass is 525 g/mol. The lowest BCUT2D eigenvalue weighted by atomic mass is 9.89. The molecule has 0 bridgehead atoms. The first-order valence-corrected chi connectivity index (χ1v) is 11.6. The number of H-pyrrole nitrogens is 1. The molecule has 0 unspecified atom stereocenters. The molecule has 1 atom stereocenters. The number of aromatic carboxylic acids is 1. The summed E-state index contributed by atoms with van der Waals surface area (Å²) in [4.78, 5) is 21.3. The van der Waals surface area contributed by atoms with E-state index in [1.165, 1.54) is 48.2 Å². The fourth-order valence-corrected chi connectivity index (χ4v) is 4.69. The average Bonchev–Trinajstić information content (AvgIpc) is 3.53. The first-order chi connectivity index (χ1) is 18.2. The van der Waals surface area contributed by atoms with Crippen molar-refractivity contribution in [2.45, 2.75) is 18.9 Å². The van der Waals surface area contributed by atoms with Crippen LogP contribution >= 0.6 is 0 Å². The lowest BCUT2D eigenvalue weighted by Crippen LogP contribution is -2.34. The number of aliphatic hydroxyl groups is 1. The standard InChI is InChI=1S/C27H22F3N3O5/c1-3-27(36,13-38-37-2)25-21(14-4-6-15(7-5-14)26(34)35)22-20(10-16-12-31-32-24(16)23(22)30)33(25)17-8-9-18(28)19(29)11-17/h4-12,36H,3,13H2,1-2H3,(H,31,32)(H,34,35)/t27-/m1/s1. The maximum absolute atomic E-state index is 16.2. The average molecular weight is 525 g/mol. The van der Waals surface area contributed by atoms with Gasteiger partial charge in [0, 0.05) is 28.1 Å². The predicted octanol–water partition coefficient (Wildman–Crippen LogP) is 5.46. The number of aromatic amines is 1. The van der Waals surface area contributed by atoms with Crippen LogP contribution in [0.25, 0.3) is 38.6 Å². The Morgan fingerprint density at radius 2 is 1.84 bits per heavy atom. The smallest absolute Gasteiger partial charge is 0.335 e. The molecule has 2 heterocycles. The Kier molecular flexibility index (Phi) is 6.43. The zero-order valence-corrected chi connectivity index (χ0v) is 20.3. The van der Waals surface area contributed by atoms with Crippen molar-refractivity contribution in [2.75, 3.05) is 13.7 Å². The second-order valence-corrected chi connectivity index (χ2v) is 8.77. The van der Waals surface area contributed by atoms with Crippen molar-refractivity contribution in [3.8, 4) is 16.8 Å². The molecule has 0 aliphatic rings. The number of aromatic nitrogens is 3. The van der Waals surface area contributed by atoms with Crippen LogP contribution in [0.2, 0.25) is 0 Å². The Morgan fingerprint density at radius 1 is 1.11 bits per heavy atom. The third-order valence-corrected chi connectivity index (χ3v) is 6.63. The van der Waals surface area contributed by atoms with Crippen molar-refractivity contribution in [2.24, 2.45) is 0 Å². The summed E-state index contributed by atoms with van der Waals surface area (Å²) in [6.07, 6.45) is 1.47. The Labute approximate surface area is 213 Å². The molecule has 0 fully saturated rings. The van der Waals surface area contributed by atoms with Crippen LogP contribution in [0.5, 0.6) is 0 Å². The van der Waals surface area contributed by atoms with E-state index in [-0.39, 0.29) is 52.0 Å². The van der Waals surface area contributed by atoms with Crippen molar-refractivity contribution in [1.82, 2.24) is 14.8 Å². The van der Waals surface area contributed by atoms with Crippen LogP contribution in [0.3, 0.4) is 0 Å². The second-order valence-electron chi connectivity index (χ2n) is 8.77. The lowest BCUT2D eigenvalue weighted by Gasteiger charge is -2.29. The number of rotatable bonds is 8. The first kappa shape index (κ1) is 25.5. The Hall–Kier alpha value is -4.19. The van der Waals surface area contributed by atoms with Gasteiger partial charge in [0.25, 0.3) is 0 Å². The highest BCUT2D eigenvalue weighted by Crippen LogP contribution is 2.46. The number of benzene rings is 3. The van der Waals surface area contributed by atoms with Gasteiger partial charge in [0.2, 0.25) is 0 Å². The molecule has 5 rings (SSSR count). The number of halogens is 3. The third kappa shape index (κ3) is 4.01. The molecule has 0 radical (unpaired) electrons. The first-order valence-electron chi connectivity index (χ1n) is 11.6. The van der Waals surface area contributed by atoms with Crippen molar-refractivity contribution in [3.63, 3.8) is 0 Å². The summed E-state index contributed by atoms with van der Waals surface area (Å²) in [5, 5.41) is 28.3. The second kappa shape index (κ2) is 9.60. The van der Waals surface area contributed by atoms with Crippen LogP contribution in [0.15, 0.2) is 54.7 Å². The third-order valence-electron chi connectivity index (χ3n) is 6.63. The number of carboxylic acids is 1. The summed E-state index contributed by atoms with van der Waals surface area (Å²) in [6, 6.07) is 10.5. The quantitative estimate of drug-likeness (QED) is 0.183. The van der Waals surface area contributed by atoms with E-state index in [0.717, 1.165) is 12.1 Å². The maximum Gasteiger partial charge on any atom is 0.335 e. The van der Waals surface area contributed by atoms with E-state index >= 15 is 4.39 Å². The van der Waals surface area contributed by atoms with Gasteiger partial charge in [0.15, 0.2) is 17.5 Å². The fourth-order valence-electron chi connectivity index (χ4n) is 4.69. The van der Waals surface area contributed by atoms with Crippen molar-refractivity contribution < 1.29 is 38.0 Å². The molecule has 5 aromatic rings. The molecule has 196 valence electrons. The van der Waals surface area contributed by atoms with Gasteiger partial charge in [-0.2, -0.15) is 5.10 Å². The van der Waals surface area contributed by atoms with Gasteiger partial charge >= 0.3 is 5.97 Å². The molecule has 0 amide bonds. The molecule has 2 aromatic heterocycles. The molecule has 38 heavy (non-hydrogen) atoms. The highest BCUT2D eigenvalue weighted by atomic mass is 19.2. The highest BCUT2D eigenvalue weighted by Gasteiger charge is 2.38. The van der Waals surface area contributed by atoms with Gasteiger partial charge in [-0.25, -0.2) is 27.7 Å². The zero-order valence-electron chi connectivity index (χ0n) is 20.3. The van der Waals surface area contributed by atoms with Gasteiger partial charge in [-0.3, -0.25) is 5.10 Å². The number of hydrogen-bond donors (Lipinski definition) is 3. The van der Waals surface area contributed by atoms with Gasteiger partial charge in [-0.1, -0.05) is 19.1 Å². The van der Waals surface area contributed by atoms with E-state index in [1.54, 1.807) is 13.0 Å². The van der Waals surface area contributed by atoms with Crippen molar-refractivity contribution >= 4 is 27.8 Å². The number of nitrogens with zero attached hydrogens (tertiary/aromatic N) is 2. The molecule has 3 N–H and O–H groups in total.